The van der Waals surface area contributed by atoms with Gasteiger partial charge in [0.05, 0.1) is 21.1 Å². The first-order valence-electron chi connectivity index (χ1n) is 7.07. The van der Waals surface area contributed by atoms with Crippen molar-refractivity contribution in [1.82, 2.24) is 9.97 Å². The molecule has 3 rings (SSSR count). The fourth-order valence-corrected chi connectivity index (χ4v) is 3.69. The van der Waals surface area contributed by atoms with Crippen LogP contribution < -0.4 is 10.6 Å². The lowest BCUT2D eigenvalue weighted by Gasteiger charge is -2.09. The fraction of sp³-hybridized carbons (Fsp3) is 0. The summed E-state index contributed by atoms with van der Waals surface area (Å²) in [7, 11) is 0. The van der Waals surface area contributed by atoms with E-state index in [0.29, 0.717) is 10.8 Å². The van der Waals surface area contributed by atoms with E-state index in [0.717, 1.165) is 11.3 Å². The van der Waals surface area contributed by atoms with E-state index in [1.807, 2.05) is 0 Å². The van der Waals surface area contributed by atoms with Crippen LogP contribution in [0.4, 0.5) is 10.8 Å². The average molecular weight is 428 g/mol. The summed E-state index contributed by atoms with van der Waals surface area (Å²) >= 11 is 19.0. The highest BCUT2D eigenvalue weighted by Crippen LogP contribution is 2.30. The Kier molecular flexibility index (Phi) is 5.73. The molecule has 0 spiro atoms. The van der Waals surface area contributed by atoms with Crippen molar-refractivity contribution >= 4 is 68.8 Å². The minimum atomic E-state index is -0.576. The molecule has 10 heteroatoms. The smallest absolute Gasteiger partial charge is 0.278 e. The van der Waals surface area contributed by atoms with E-state index in [2.05, 4.69) is 20.6 Å². The Morgan fingerprint density at radius 1 is 0.962 bits per heavy atom. The second kappa shape index (κ2) is 8.01. The minimum Gasteiger partial charge on any atom is -0.311 e. The van der Waals surface area contributed by atoms with Gasteiger partial charge in [0.15, 0.2) is 5.69 Å². The van der Waals surface area contributed by atoms with Crippen LogP contribution in [-0.2, 0) is 0 Å². The van der Waals surface area contributed by atoms with Crippen LogP contribution in [0.25, 0.3) is 0 Å². The molecule has 0 bridgehead atoms. The molecule has 0 fully saturated rings. The largest absolute Gasteiger partial charge is 0.311 e. The van der Waals surface area contributed by atoms with Gasteiger partial charge in [-0.15, -0.1) is 11.3 Å². The maximum Gasteiger partial charge on any atom is 0.278 e. The topological polar surface area (TPSA) is 84.0 Å². The number of hydrogen-bond donors (Lipinski definition) is 2. The molecule has 1 aromatic carbocycles. The normalized spacial score (nSPS) is 10.4. The van der Waals surface area contributed by atoms with Gasteiger partial charge in [0.25, 0.3) is 11.8 Å². The van der Waals surface area contributed by atoms with Crippen molar-refractivity contribution in [3.8, 4) is 0 Å². The molecular formula is C16H9Cl3N4O2S. The maximum atomic E-state index is 12.5. The second-order valence-electron chi connectivity index (χ2n) is 4.90. The number of nitrogens with one attached hydrogen (secondary N) is 2. The van der Waals surface area contributed by atoms with Crippen molar-refractivity contribution < 1.29 is 9.59 Å². The highest BCUT2D eigenvalue weighted by Gasteiger charge is 2.21. The Labute approximate surface area is 167 Å². The third-order valence-corrected chi connectivity index (χ3v) is 4.71. The van der Waals surface area contributed by atoms with Crippen LogP contribution in [0.15, 0.2) is 42.0 Å². The number of aromatic nitrogens is 2. The number of hydrogen-bond acceptors (Lipinski definition) is 5. The van der Waals surface area contributed by atoms with Crippen molar-refractivity contribution in [3.05, 3.63) is 68.4 Å². The molecule has 2 N–H and O–H groups in total. The van der Waals surface area contributed by atoms with Gasteiger partial charge in [-0.1, -0.05) is 40.9 Å². The first-order chi connectivity index (χ1) is 12.5. The number of nitrogens with zero attached hydrogens (tertiary/aromatic N) is 2. The van der Waals surface area contributed by atoms with Crippen molar-refractivity contribution in [2.45, 2.75) is 0 Å². The third-order valence-electron chi connectivity index (χ3n) is 3.15. The van der Waals surface area contributed by atoms with Gasteiger partial charge in [0, 0.05) is 11.2 Å². The molecule has 132 valence electrons. The van der Waals surface area contributed by atoms with Crippen LogP contribution in [0.5, 0.6) is 0 Å². The predicted octanol–water partition coefficient (Wildman–Crippen LogP) is 5.00. The van der Waals surface area contributed by atoms with Crippen LogP contribution in [0.2, 0.25) is 15.1 Å². The molecule has 2 amide bonds. The second-order valence-corrected chi connectivity index (χ2v) is 7.00. The number of carbonyl (C=O) groups is 2. The molecule has 0 saturated carbocycles. The van der Waals surface area contributed by atoms with Gasteiger partial charge in [-0.2, -0.15) is 0 Å². The van der Waals surface area contributed by atoms with E-state index in [4.69, 9.17) is 34.8 Å². The van der Waals surface area contributed by atoms with E-state index >= 15 is 0 Å². The molecule has 0 aliphatic heterocycles. The number of benzene rings is 1. The molecule has 0 aliphatic rings. The molecule has 0 radical (unpaired) electrons. The maximum absolute atomic E-state index is 12.5. The molecule has 0 unspecified atom stereocenters. The molecular weight excluding hydrogens is 419 g/mol. The first kappa shape index (κ1) is 18.6. The molecule has 2 aromatic heterocycles. The molecule has 0 aliphatic carbocycles. The highest BCUT2D eigenvalue weighted by molar-refractivity contribution is 7.14. The number of anilines is 2. The monoisotopic (exact) mass is 426 g/mol. The number of thiazole rings is 1. The Morgan fingerprint density at radius 2 is 1.69 bits per heavy atom. The van der Waals surface area contributed by atoms with Gasteiger partial charge in [-0.25, -0.2) is 9.97 Å². The Bertz CT molecular complexity index is 956. The van der Waals surface area contributed by atoms with Crippen LogP contribution in [0.3, 0.4) is 0 Å². The number of halogens is 3. The van der Waals surface area contributed by atoms with Gasteiger partial charge in [-0.3, -0.25) is 9.59 Å². The number of carbonyl (C=O) groups excluding carboxylic acids is 2. The minimum absolute atomic E-state index is 0.0511. The zero-order chi connectivity index (χ0) is 18.7. The van der Waals surface area contributed by atoms with Gasteiger partial charge in [0.2, 0.25) is 0 Å². The predicted molar refractivity (Wildman–Crippen MR) is 104 cm³/mol. The van der Waals surface area contributed by atoms with Crippen LogP contribution in [0.1, 0.15) is 20.8 Å². The van der Waals surface area contributed by atoms with Gasteiger partial charge in [-0.05, 0) is 24.3 Å². The van der Waals surface area contributed by atoms with Crippen molar-refractivity contribution in [3.63, 3.8) is 0 Å². The summed E-state index contributed by atoms with van der Waals surface area (Å²) in [5.74, 6) is -0.715. The zero-order valence-electron chi connectivity index (χ0n) is 12.8. The zero-order valence-corrected chi connectivity index (χ0v) is 15.9. The summed E-state index contributed by atoms with van der Waals surface area (Å²) in [4.78, 5) is 32.9. The third kappa shape index (κ3) is 4.13. The highest BCUT2D eigenvalue weighted by atomic mass is 35.5. The van der Waals surface area contributed by atoms with E-state index in [-0.39, 0.29) is 26.3 Å². The van der Waals surface area contributed by atoms with Gasteiger partial charge >= 0.3 is 0 Å². The standard InChI is InChI=1S/C16H9Cl3N4O2S/c17-8-5-9(18)12(10(19)6-8)14(24)23-16-13(21-7-26-16)15(25)22-11-3-1-2-4-20-11/h1-7H,(H,23,24)(H,20,22,25). The van der Waals surface area contributed by atoms with E-state index in [1.54, 1.807) is 24.4 Å². The summed E-state index contributed by atoms with van der Waals surface area (Å²) in [6.07, 6.45) is 1.55. The van der Waals surface area contributed by atoms with E-state index in [9.17, 15) is 9.59 Å². The summed E-state index contributed by atoms with van der Waals surface area (Å²) < 4.78 is 0. The Balaban J connectivity index is 1.81. The van der Waals surface area contributed by atoms with Crippen LogP contribution in [-0.4, -0.2) is 21.8 Å². The molecule has 26 heavy (non-hydrogen) atoms. The summed E-state index contributed by atoms with van der Waals surface area (Å²) in [6.45, 7) is 0. The average Bonchev–Trinajstić information content (AvgIpc) is 3.03. The van der Waals surface area contributed by atoms with Gasteiger partial charge < -0.3 is 10.6 Å². The SMILES string of the molecule is O=C(Nc1ccccn1)c1ncsc1NC(=O)c1c(Cl)cc(Cl)cc1Cl. The molecule has 0 atom stereocenters. The summed E-state index contributed by atoms with van der Waals surface area (Å²) in [5, 5.41) is 5.97. The van der Waals surface area contributed by atoms with Crippen molar-refractivity contribution in [2.75, 3.05) is 10.6 Å². The lowest BCUT2D eigenvalue weighted by atomic mass is 10.2. The number of pyridine rings is 1. The molecule has 6 nitrogen and oxygen atoms in total. The lowest BCUT2D eigenvalue weighted by molar-refractivity contribution is 0.102. The Morgan fingerprint density at radius 3 is 2.35 bits per heavy atom. The first-order valence-corrected chi connectivity index (χ1v) is 9.09. The van der Waals surface area contributed by atoms with Crippen LogP contribution >= 0.6 is 46.1 Å². The van der Waals surface area contributed by atoms with Crippen molar-refractivity contribution in [1.29, 1.82) is 0 Å². The van der Waals surface area contributed by atoms with E-state index < -0.39 is 11.8 Å². The molecule has 0 saturated heterocycles. The summed E-state index contributed by atoms with van der Waals surface area (Å²) in [6, 6.07) is 7.91. The fourth-order valence-electron chi connectivity index (χ4n) is 2.03. The van der Waals surface area contributed by atoms with Gasteiger partial charge in [0.1, 0.15) is 10.8 Å². The number of amides is 2. The quantitative estimate of drug-likeness (QED) is 0.613. The number of rotatable bonds is 4. The van der Waals surface area contributed by atoms with E-state index in [1.165, 1.54) is 17.6 Å². The summed E-state index contributed by atoms with van der Waals surface area (Å²) in [5.41, 5.74) is 1.55. The molecule has 3 aromatic rings. The van der Waals surface area contributed by atoms with Crippen LogP contribution in [0, 0.1) is 0 Å². The van der Waals surface area contributed by atoms with Crippen molar-refractivity contribution in [2.24, 2.45) is 0 Å². The lowest BCUT2D eigenvalue weighted by Crippen LogP contribution is -2.18. The molecule has 2 heterocycles. The Hall–Kier alpha value is -2.19.